The van der Waals surface area contributed by atoms with Crippen LogP contribution in [0.5, 0.6) is 0 Å². The molecule has 0 heterocycles. The molecule has 0 aromatic carbocycles. The van der Waals surface area contributed by atoms with Crippen molar-refractivity contribution in [3.8, 4) is 0 Å². The minimum absolute atomic E-state index is 0.632. The van der Waals surface area contributed by atoms with Crippen molar-refractivity contribution in [3.05, 3.63) is 0 Å². The molecule has 4 heteroatoms. The smallest absolute Gasteiger partial charge is 0.207 e. The molecule has 0 aromatic rings. The molecule has 0 aromatic heterocycles. The lowest BCUT2D eigenvalue weighted by Crippen LogP contribution is -2.29. The van der Waals surface area contributed by atoms with Crippen molar-refractivity contribution < 1.29 is 9.59 Å². The normalized spacial score (nSPS) is 26.6. The average Bonchev–Trinajstić information content (AvgIpc) is 2.25. The summed E-state index contributed by atoms with van der Waals surface area (Å²) in [6.45, 7) is 1.61. The van der Waals surface area contributed by atoms with E-state index >= 15 is 0 Å². The largest absolute Gasteiger partial charge is 0.358 e. The maximum absolute atomic E-state index is 10.1. The van der Waals surface area contributed by atoms with Crippen LogP contribution in [0.4, 0.5) is 0 Å². The van der Waals surface area contributed by atoms with Gasteiger partial charge in [-0.3, -0.25) is 9.59 Å². The molecule has 2 N–H and O–H groups in total. The molecule has 14 heavy (non-hydrogen) atoms. The van der Waals surface area contributed by atoms with Crippen molar-refractivity contribution in [2.75, 3.05) is 13.1 Å². The predicted octanol–water partition coefficient (Wildman–Crippen LogP) is 0.285. The van der Waals surface area contributed by atoms with Gasteiger partial charge < -0.3 is 10.6 Å². The van der Waals surface area contributed by atoms with Crippen molar-refractivity contribution in [1.29, 1.82) is 0 Å². The number of hydrogen-bond donors (Lipinski definition) is 2. The lowest BCUT2D eigenvalue weighted by Gasteiger charge is -2.27. The van der Waals surface area contributed by atoms with Gasteiger partial charge in [0.2, 0.25) is 12.8 Å². The summed E-state index contributed by atoms with van der Waals surface area (Å²) < 4.78 is 0. The van der Waals surface area contributed by atoms with Crippen LogP contribution in [-0.4, -0.2) is 25.9 Å². The summed E-state index contributed by atoms with van der Waals surface area (Å²) in [7, 11) is 0. The van der Waals surface area contributed by atoms with Crippen LogP contribution < -0.4 is 10.6 Å². The van der Waals surface area contributed by atoms with E-state index < -0.39 is 0 Å². The maximum Gasteiger partial charge on any atom is 0.207 e. The minimum Gasteiger partial charge on any atom is -0.358 e. The molecular formula is C10H18N2O2. The third kappa shape index (κ3) is 3.77. The monoisotopic (exact) mass is 198 g/mol. The highest BCUT2D eigenvalue weighted by Crippen LogP contribution is 2.27. The van der Waals surface area contributed by atoms with E-state index in [0.717, 1.165) is 51.6 Å². The number of carbonyl (C=O) groups is 2. The van der Waals surface area contributed by atoms with Gasteiger partial charge in [0.15, 0.2) is 0 Å². The van der Waals surface area contributed by atoms with Crippen LogP contribution in [0.25, 0.3) is 0 Å². The first-order chi connectivity index (χ1) is 6.86. The summed E-state index contributed by atoms with van der Waals surface area (Å²) in [6.07, 6.45) is 6.16. The van der Waals surface area contributed by atoms with Gasteiger partial charge in [-0.2, -0.15) is 0 Å². The van der Waals surface area contributed by atoms with E-state index in [1.807, 2.05) is 0 Å². The lowest BCUT2D eigenvalue weighted by molar-refractivity contribution is -0.110. The topological polar surface area (TPSA) is 58.2 Å². The Hall–Kier alpha value is -1.06. The highest BCUT2D eigenvalue weighted by molar-refractivity contribution is 5.46. The van der Waals surface area contributed by atoms with Crippen molar-refractivity contribution in [2.24, 2.45) is 11.8 Å². The van der Waals surface area contributed by atoms with E-state index in [1.165, 1.54) is 0 Å². The van der Waals surface area contributed by atoms with Crippen molar-refractivity contribution in [3.63, 3.8) is 0 Å². The molecule has 1 saturated carbocycles. The van der Waals surface area contributed by atoms with Crippen LogP contribution in [0.1, 0.15) is 25.7 Å². The Balaban J connectivity index is 2.10. The van der Waals surface area contributed by atoms with Gasteiger partial charge in [-0.25, -0.2) is 0 Å². The summed E-state index contributed by atoms with van der Waals surface area (Å²) in [6, 6.07) is 0. The molecule has 0 spiro atoms. The summed E-state index contributed by atoms with van der Waals surface area (Å²) in [5.41, 5.74) is 0. The van der Waals surface area contributed by atoms with Crippen LogP contribution in [0.2, 0.25) is 0 Å². The van der Waals surface area contributed by atoms with E-state index in [0.29, 0.717) is 11.8 Å². The molecule has 1 rings (SSSR count). The Labute approximate surface area is 84.4 Å². The van der Waals surface area contributed by atoms with Gasteiger partial charge in [0.05, 0.1) is 0 Å². The van der Waals surface area contributed by atoms with Gasteiger partial charge in [-0.15, -0.1) is 0 Å². The van der Waals surface area contributed by atoms with Crippen LogP contribution in [0.15, 0.2) is 0 Å². The van der Waals surface area contributed by atoms with Crippen molar-refractivity contribution in [2.45, 2.75) is 25.7 Å². The minimum atomic E-state index is 0.632. The van der Waals surface area contributed by atoms with Crippen LogP contribution in [-0.2, 0) is 9.59 Å². The average molecular weight is 198 g/mol. The van der Waals surface area contributed by atoms with E-state index in [2.05, 4.69) is 10.6 Å². The van der Waals surface area contributed by atoms with E-state index in [9.17, 15) is 9.59 Å². The van der Waals surface area contributed by atoms with Gasteiger partial charge >= 0.3 is 0 Å². The SMILES string of the molecule is O=CNCC1CCC(CNC=O)CC1. The number of amides is 2. The fourth-order valence-corrected chi connectivity index (χ4v) is 2.07. The van der Waals surface area contributed by atoms with Gasteiger partial charge in [0, 0.05) is 13.1 Å². The van der Waals surface area contributed by atoms with Gasteiger partial charge in [-0.05, 0) is 37.5 Å². The second kappa shape index (κ2) is 6.40. The molecule has 1 aliphatic carbocycles. The van der Waals surface area contributed by atoms with Crippen molar-refractivity contribution in [1.82, 2.24) is 10.6 Å². The first kappa shape index (κ1) is 11.0. The van der Waals surface area contributed by atoms with Gasteiger partial charge in [-0.1, -0.05) is 0 Å². The standard InChI is InChI=1S/C10H18N2O2/c13-7-11-5-9-1-2-10(4-3-9)6-12-8-14/h7-10H,1-6H2,(H,11,13)(H,12,14). The van der Waals surface area contributed by atoms with Gasteiger partial charge in [0.25, 0.3) is 0 Å². The molecule has 0 unspecified atom stereocenters. The summed E-state index contributed by atoms with van der Waals surface area (Å²) in [4.78, 5) is 20.2. The molecule has 1 aliphatic rings. The first-order valence-corrected chi connectivity index (χ1v) is 5.21. The second-order valence-corrected chi connectivity index (χ2v) is 3.94. The Morgan fingerprint density at radius 3 is 1.50 bits per heavy atom. The van der Waals surface area contributed by atoms with Crippen LogP contribution >= 0.6 is 0 Å². The van der Waals surface area contributed by atoms with Gasteiger partial charge in [0.1, 0.15) is 0 Å². The first-order valence-electron chi connectivity index (χ1n) is 5.21. The number of rotatable bonds is 6. The molecule has 0 saturated heterocycles. The number of carbonyl (C=O) groups excluding carboxylic acids is 2. The Kier molecular flexibility index (Phi) is 5.04. The summed E-state index contributed by atoms with van der Waals surface area (Å²) in [5, 5.41) is 5.45. The fraction of sp³-hybridized carbons (Fsp3) is 0.800. The van der Waals surface area contributed by atoms with E-state index in [1.54, 1.807) is 0 Å². The third-order valence-corrected chi connectivity index (χ3v) is 2.95. The molecule has 0 atom stereocenters. The Morgan fingerprint density at radius 2 is 1.21 bits per heavy atom. The summed E-state index contributed by atoms with van der Waals surface area (Å²) in [5.74, 6) is 1.26. The molecule has 2 amide bonds. The molecule has 0 aliphatic heterocycles. The zero-order valence-electron chi connectivity index (χ0n) is 8.37. The fourth-order valence-electron chi connectivity index (χ4n) is 2.07. The third-order valence-electron chi connectivity index (χ3n) is 2.95. The highest BCUT2D eigenvalue weighted by atomic mass is 16.1. The van der Waals surface area contributed by atoms with Crippen LogP contribution in [0, 0.1) is 11.8 Å². The Bertz CT molecular complexity index is 157. The van der Waals surface area contributed by atoms with E-state index in [-0.39, 0.29) is 0 Å². The lowest BCUT2D eigenvalue weighted by atomic mass is 9.82. The predicted molar refractivity (Wildman–Crippen MR) is 53.6 cm³/mol. The molecule has 0 radical (unpaired) electrons. The molecule has 0 bridgehead atoms. The Morgan fingerprint density at radius 1 is 0.857 bits per heavy atom. The van der Waals surface area contributed by atoms with Crippen LogP contribution in [0.3, 0.4) is 0 Å². The second-order valence-electron chi connectivity index (χ2n) is 3.94. The maximum atomic E-state index is 10.1. The highest BCUT2D eigenvalue weighted by Gasteiger charge is 2.20. The number of nitrogens with one attached hydrogen (secondary N) is 2. The molecular weight excluding hydrogens is 180 g/mol. The zero-order valence-corrected chi connectivity index (χ0v) is 8.37. The van der Waals surface area contributed by atoms with Crippen molar-refractivity contribution >= 4 is 12.8 Å². The molecule has 1 fully saturated rings. The zero-order chi connectivity index (χ0) is 10.2. The molecule has 80 valence electrons. The quantitative estimate of drug-likeness (QED) is 0.602. The number of hydrogen-bond acceptors (Lipinski definition) is 2. The molecule has 4 nitrogen and oxygen atoms in total. The van der Waals surface area contributed by atoms with E-state index in [4.69, 9.17) is 0 Å². The summed E-state index contributed by atoms with van der Waals surface area (Å²) >= 11 is 0.